The van der Waals surface area contributed by atoms with Crippen LogP contribution >= 0.6 is 11.3 Å². The smallest absolute Gasteiger partial charge is 0.226 e. The predicted molar refractivity (Wildman–Crippen MR) is 104 cm³/mol. The highest BCUT2D eigenvalue weighted by atomic mass is 32.2. The Morgan fingerprint density at radius 3 is 2.57 bits per heavy atom. The Bertz CT molecular complexity index is 1080. The van der Waals surface area contributed by atoms with Gasteiger partial charge >= 0.3 is 0 Å². The second-order valence-electron chi connectivity index (χ2n) is 5.95. The van der Waals surface area contributed by atoms with Gasteiger partial charge in [-0.05, 0) is 30.7 Å². The normalized spacial score (nSPS) is 11.4. The standard InChI is InChI=1S/C19H16F2N2O3S2/c20-13-8-9-15(16(21)11-13)17-12-27-19(22-17)23-18(24)7-4-10-28(25,26)14-5-2-1-3-6-14/h1-3,5-6,8-9,11-12H,4,7,10H2,(H,22,23,24). The minimum atomic E-state index is -3.43. The first-order valence-corrected chi connectivity index (χ1v) is 10.9. The van der Waals surface area contributed by atoms with E-state index in [4.69, 9.17) is 0 Å². The van der Waals surface area contributed by atoms with Gasteiger partial charge in [-0.15, -0.1) is 11.3 Å². The molecule has 0 spiro atoms. The number of sulfone groups is 1. The number of carbonyl (C=O) groups is 1. The van der Waals surface area contributed by atoms with Crippen molar-refractivity contribution in [2.75, 3.05) is 11.1 Å². The van der Waals surface area contributed by atoms with E-state index in [1.807, 2.05) is 0 Å². The first-order chi connectivity index (χ1) is 13.3. The molecule has 0 bridgehead atoms. The number of carbonyl (C=O) groups excluding carboxylic acids is 1. The number of nitrogens with one attached hydrogen (secondary N) is 1. The van der Waals surface area contributed by atoms with Crippen LogP contribution in [0.4, 0.5) is 13.9 Å². The number of anilines is 1. The Kier molecular flexibility index (Phi) is 6.15. The van der Waals surface area contributed by atoms with E-state index in [1.54, 1.807) is 23.6 Å². The van der Waals surface area contributed by atoms with Gasteiger partial charge < -0.3 is 5.32 Å². The third kappa shape index (κ3) is 4.99. The number of halogens is 2. The average Bonchev–Trinajstić information content (AvgIpc) is 3.10. The summed E-state index contributed by atoms with van der Waals surface area (Å²) in [5.74, 6) is -1.96. The zero-order valence-corrected chi connectivity index (χ0v) is 16.2. The molecule has 1 N–H and O–H groups in total. The van der Waals surface area contributed by atoms with Gasteiger partial charge in [0.2, 0.25) is 5.91 Å². The maximum absolute atomic E-state index is 13.8. The van der Waals surface area contributed by atoms with Crippen molar-refractivity contribution in [1.29, 1.82) is 0 Å². The van der Waals surface area contributed by atoms with E-state index in [9.17, 15) is 22.0 Å². The molecule has 3 rings (SSSR count). The van der Waals surface area contributed by atoms with Crippen LogP contribution < -0.4 is 5.32 Å². The van der Waals surface area contributed by atoms with Crippen molar-refractivity contribution in [3.05, 3.63) is 65.5 Å². The van der Waals surface area contributed by atoms with E-state index in [0.29, 0.717) is 0 Å². The van der Waals surface area contributed by atoms with E-state index in [-0.39, 0.29) is 45.8 Å². The molecule has 1 aromatic heterocycles. The van der Waals surface area contributed by atoms with Gasteiger partial charge in [0.15, 0.2) is 15.0 Å². The topological polar surface area (TPSA) is 76.1 Å². The van der Waals surface area contributed by atoms with E-state index in [2.05, 4.69) is 10.3 Å². The van der Waals surface area contributed by atoms with Gasteiger partial charge in [-0.2, -0.15) is 0 Å². The largest absolute Gasteiger partial charge is 0.302 e. The van der Waals surface area contributed by atoms with Crippen LogP contribution in [-0.2, 0) is 14.6 Å². The van der Waals surface area contributed by atoms with Crippen molar-refractivity contribution in [2.45, 2.75) is 17.7 Å². The van der Waals surface area contributed by atoms with E-state index in [1.165, 1.54) is 18.2 Å². The summed E-state index contributed by atoms with van der Waals surface area (Å²) in [6, 6.07) is 11.2. The summed E-state index contributed by atoms with van der Waals surface area (Å²) in [6.07, 6.45) is 0.166. The maximum Gasteiger partial charge on any atom is 0.226 e. The number of hydrogen-bond acceptors (Lipinski definition) is 5. The molecule has 1 amide bonds. The van der Waals surface area contributed by atoms with Gasteiger partial charge in [-0.25, -0.2) is 22.2 Å². The van der Waals surface area contributed by atoms with Crippen molar-refractivity contribution in [1.82, 2.24) is 4.98 Å². The van der Waals surface area contributed by atoms with Crippen molar-refractivity contribution in [3.8, 4) is 11.3 Å². The van der Waals surface area contributed by atoms with Gasteiger partial charge in [0.05, 0.1) is 16.3 Å². The highest BCUT2D eigenvalue weighted by Gasteiger charge is 2.16. The Labute approximate surface area is 165 Å². The maximum atomic E-state index is 13.8. The molecular formula is C19H16F2N2O3S2. The minimum absolute atomic E-state index is 0.00584. The van der Waals surface area contributed by atoms with Crippen LogP contribution in [0.25, 0.3) is 11.3 Å². The van der Waals surface area contributed by atoms with Crippen LogP contribution in [0.15, 0.2) is 58.8 Å². The molecule has 1 heterocycles. The van der Waals surface area contributed by atoms with Crippen molar-refractivity contribution in [3.63, 3.8) is 0 Å². The van der Waals surface area contributed by atoms with Gasteiger partial charge in [-0.1, -0.05) is 18.2 Å². The molecule has 28 heavy (non-hydrogen) atoms. The van der Waals surface area contributed by atoms with Gasteiger partial charge in [0.1, 0.15) is 11.6 Å². The first kappa shape index (κ1) is 20.1. The van der Waals surface area contributed by atoms with Crippen LogP contribution in [0.5, 0.6) is 0 Å². The van der Waals surface area contributed by atoms with Crippen LogP contribution in [-0.4, -0.2) is 25.1 Å². The summed E-state index contributed by atoms with van der Waals surface area (Å²) < 4.78 is 51.2. The predicted octanol–water partition coefficient (Wildman–Crippen LogP) is 4.28. The minimum Gasteiger partial charge on any atom is -0.302 e. The first-order valence-electron chi connectivity index (χ1n) is 8.34. The molecule has 146 valence electrons. The molecule has 0 aliphatic carbocycles. The lowest BCUT2D eigenvalue weighted by Crippen LogP contribution is -2.14. The number of benzene rings is 2. The average molecular weight is 422 g/mol. The number of nitrogens with zero attached hydrogens (tertiary/aromatic N) is 1. The third-order valence-corrected chi connectivity index (χ3v) is 6.45. The molecule has 0 radical (unpaired) electrons. The van der Waals surface area contributed by atoms with Crippen molar-refractivity contribution >= 4 is 32.2 Å². The van der Waals surface area contributed by atoms with Crippen molar-refractivity contribution < 1.29 is 22.0 Å². The molecule has 3 aromatic rings. The number of amides is 1. The van der Waals surface area contributed by atoms with Crippen LogP contribution in [0, 0.1) is 11.6 Å². The molecule has 0 unspecified atom stereocenters. The fourth-order valence-electron chi connectivity index (χ4n) is 2.50. The molecule has 0 saturated heterocycles. The molecule has 0 aliphatic rings. The van der Waals surface area contributed by atoms with Gasteiger partial charge in [0.25, 0.3) is 0 Å². The fraction of sp³-hybridized carbons (Fsp3) is 0.158. The zero-order chi connectivity index (χ0) is 20.1. The quantitative estimate of drug-likeness (QED) is 0.617. The molecule has 5 nitrogen and oxygen atoms in total. The summed E-state index contributed by atoms with van der Waals surface area (Å²) >= 11 is 1.10. The Hall–Kier alpha value is -2.65. The Morgan fingerprint density at radius 2 is 1.86 bits per heavy atom. The van der Waals surface area contributed by atoms with Crippen LogP contribution in [0.3, 0.4) is 0 Å². The highest BCUT2D eigenvalue weighted by molar-refractivity contribution is 7.91. The number of thiazole rings is 1. The lowest BCUT2D eigenvalue weighted by atomic mass is 10.1. The molecular weight excluding hydrogens is 406 g/mol. The zero-order valence-electron chi connectivity index (χ0n) is 14.6. The number of rotatable bonds is 7. The lowest BCUT2D eigenvalue weighted by molar-refractivity contribution is -0.116. The van der Waals surface area contributed by atoms with Crippen molar-refractivity contribution in [2.24, 2.45) is 0 Å². The SMILES string of the molecule is O=C(CCCS(=O)(=O)c1ccccc1)Nc1nc(-c2ccc(F)cc2F)cs1. The Balaban J connectivity index is 1.55. The third-order valence-electron chi connectivity index (χ3n) is 3.88. The van der Waals surface area contributed by atoms with E-state index in [0.717, 1.165) is 23.5 Å². The highest BCUT2D eigenvalue weighted by Crippen LogP contribution is 2.27. The fourth-order valence-corrected chi connectivity index (χ4v) is 4.56. The summed E-state index contributed by atoms with van der Waals surface area (Å²) in [6.45, 7) is 0. The second-order valence-corrected chi connectivity index (χ2v) is 8.91. The molecule has 0 saturated carbocycles. The molecule has 0 aliphatic heterocycles. The van der Waals surface area contributed by atoms with E-state index >= 15 is 0 Å². The summed E-state index contributed by atoms with van der Waals surface area (Å²) in [5.41, 5.74) is 0.413. The molecule has 0 fully saturated rings. The molecule has 0 atom stereocenters. The lowest BCUT2D eigenvalue weighted by Gasteiger charge is -2.04. The van der Waals surface area contributed by atoms with Gasteiger partial charge in [-0.3, -0.25) is 4.79 Å². The Morgan fingerprint density at radius 1 is 1.11 bits per heavy atom. The van der Waals surface area contributed by atoms with Crippen LogP contribution in [0.2, 0.25) is 0 Å². The number of aromatic nitrogens is 1. The second kappa shape index (κ2) is 8.57. The van der Waals surface area contributed by atoms with Gasteiger partial charge in [0, 0.05) is 23.4 Å². The van der Waals surface area contributed by atoms with Crippen LogP contribution in [0.1, 0.15) is 12.8 Å². The summed E-state index contributed by atoms with van der Waals surface area (Å²) in [5, 5.41) is 4.37. The summed E-state index contributed by atoms with van der Waals surface area (Å²) in [7, 11) is -3.43. The molecule has 2 aromatic carbocycles. The number of hydrogen-bond donors (Lipinski definition) is 1. The van der Waals surface area contributed by atoms with E-state index < -0.39 is 21.5 Å². The monoisotopic (exact) mass is 422 g/mol. The summed E-state index contributed by atoms with van der Waals surface area (Å²) in [4.78, 5) is 16.4. The molecule has 9 heteroatoms.